The third-order valence-electron chi connectivity index (χ3n) is 1.39. The molecular formula is C9H11NOS. The van der Waals surface area contributed by atoms with Crippen LogP contribution in [0.3, 0.4) is 0 Å². The Labute approximate surface area is 76.1 Å². The molecular weight excluding hydrogens is 170 g/mol. The highest BCUT2D eigenvalue weighted by molar-refractivity contribution is 7.10. The Hall–Kier alpha value is -0.850. The van der Waals surface area contributed by atoms with Crippen molar-refractivity contribution in [2.75, 3.05) is 0 Å². The molecule has 0 bridgehead atoms. The summed E-state index contributed by atoms with van der Waals surface area (Å²) in [5.74, 6) is 0. The molecule has 1 aromatic heterocycles. The Morgan fingerprint density at radius 2 is 2.33 bits per heavy atom. The normalized spacial score (nSPS) is 11.2. The third-order valence-corrected chi connectivity index (χ3v) is 2.33. The van der Waals surface area contributed by atoms with Crippen LogP contribution in [0.5, 0.6) is 0 Å². The molecule has 0 spiro atoms. The molecule has 1 N–H and O–H groups in total. The molecule has 0 aliphatic carbocycles. The quantitative estimate of drug-likeness (QED) is 0.757. The maximum Gasteiger partial charge on any atom is 0.100 e. The summed E-state index contributed by atoms with van der Waals surface area (Å²) in [4.78, 5) is 1.05. The molecule has 0 saturated carbocycles. The fourth-order valence-corrected chi connectivity index (χ4v) is 1.99. The van der Waals surface area contributed by atoms with Gasteiger partial charge in [-0.25, -0.2) is 0 Å². The van der Waals surface area contributed by atoms with Gasteiger partial charge in [0.1, 0.15) is 6.07 Å². The van der Waals surface area contributed by atoms with Crippen LogP contribution in [0.1, 0.15) is 24.3 Å². The van der Waals surface area contributed by atoms with Gasteiger partial charge in [0, 0.05) is 16.7 Å². The second kappa shape index (κ2) is 3.26. The van der Waals surface area contributed by atoms with Gasteiger partial charge < -0.3 is 5.11 Å². The van der Waals surface area contributed by atoms with Crippen molar-refractivity contribution in [3.63, 3.8) is 0 Å². The summed E-state index contributed by atoms with van der Waals surface area (Å²) in [6, 6.07) is 3.88. The molecule has 1 aromatic rings. The maximum atomic E-state index is 9.48. The fourth-order valence-electron chi connectivity index (χ4n) is 0.958. The Morgan fingerprint density at radius 1 is 1.67 bits per heavy atom. The molecule has 0 aliphatic heterocycles. The van der Waals surface area contributed by atoms with Crippen LogP contribution in [0.25, 0.3) is 0 Å². The highest BCUT2D eigenvalue weighted by Gasteiger charge is 2.14. The Bertz CT molecular complexity index is 303. The topological polar surface area (TPSA) is 44.0 Å². The molecule has 0 saturated heterocycles. The highest BCUT2D eigenvalue weighted by atomic mass is 32.1. The third kappa shape index (κ3) is 2.65. The van der Waals surface area contributed by atoms with E-state index in [1.807, 2.05) is 6.07 Å². The van der Waals surface area contributed by atoms with E-state index in [0.717, 1.165) is 4.88 Å². The minimum absolute atomic E-state index is 0.610. The van der Waals surface area contributed by atoms with E-state index in [2.05, 4.69) is 6.07 Å². The lowest BCUT2D eigenvalue weighted by Crippen LogP contribution is -2.21. The first kappa shape index (κ1) is 9.24. The van der Waals surface area contributed by atoms with Gasteiger partial charge in [0.05, 0.1) is 11.2 Å². The van der Waals surface area contributed by atoms with Gasteiger partial charge in [-0.2, -0.15) is 5.26 Å². The first-order chi connectivity index (χ1) is 5.51. The van der Waals surface area contributed by atoms with Crippen molar-refractivity contribution in [2.45, 2.75) is 25.9 Å². The van der Waals surface area contributed by atoms with Crippen LogP contribution in [0.2, 0.25) is 0 Å². The van der Waals surface area contributed by atoms with Crippen molar-refractivity contribution in [3.05, 3.63) is 21.9 Å². The average Bonchev–Trinajstić information content (AvgIpc) is 2.32. The van der Waals surface area contributed by atoms with Gasteiger partial charge in [-0.1, -0.05) is 0 Å². The van der Waals surface area contributed by atoms with Gasteiger partial charge in [-0.15, -0.1) is 11.3 Å². The van der Waals surface area contributed by atoms with Gasteiger partial charge >= 0.3 is 0 Å². The monoisotopic (exact) mass is 181 g/mol. The summed E-state index contributed by atoms with van der Waals surface area (Å²) in [5.41, 5.74) is -0.00310. The molecule has 3 heteroatoms. The van der Waals surface area contributed by atoms with Gasteiger partial charge in [0.2, 0.25) is 0 Å². The highest BCUT2D eigenvalue weighted by Crippen LogP contribution is 2.19. The van der Waals surface area contributed by atoms with Gasteiger partial charge in [0.15, 0.2) is 0 Å². The number of aliphatic hydroxyl groups is 1. The summed E-state index contributed by atoms with van der Waals surface area (Å²) < 4.78 is 0. The first-order valence-corrected chi connectivity index (χ1v) is 4.59. The molecule has 0 aliphatic rings. The van der Waals surface area contributed by atoms with Crippen molar-refractivity contribution < 1.29 is 5.11 Å². The molecule has 0 fully saturated rings. The van der Waals surface area contributed by atoms with Crippen LogP contribution < -0.4 is 0 Å². The van der Waals surface area contributed by atoms with Crippen molar-refractivity contribution in [3.8, 4) is 6.07 Å². The smallest absolute Gasteiger partial charge is 0.100 e. The summed E-state index contributed by atoms with van der Waals surface area (Å²) in [5, 5.41) is 19.8. The van der Waals surface area contributed by atoms with E-state index in [9.17, 15) is 5.11 Å². The standard InChI is InChI=1S/C9H11NOS/c1-9(2,11)4-8-3-7(5-10)6-12-8/h3,6,11H,4H2,1-2H3. The van der Waals surface area contributed by atoms with Crippen LogP contribution in [0, 0.1) is 11.3 Å². The largest absolute Gasteiger partial charge is 0.390 e. The minimum atomic E-state index is -0.683. The van der Waals surface area contributed by atoms with E-state index in [-0.39, 0.29) is 0 Å². The van der Waals surface area contributed by atoms with Crippen molar-refractivity contribution in [1.29, 1.82) is 5.26 Å². The van der Waals surface area contributed by atoms with Crippen LogP contribution in [-0.4, -0.2) is 10.7 Å². The SMILES string of the molecule is CC(C)(O)Cc1cc(C#N)cs1. The van der Waals surface area contributed by atoms with Crippen LogP contribution in [-0.2, 0) is 6.42 Å². The molecule has 2 nitrogen and oxygen atoms in total. The lowest BCUT2D eigenvalue weighted by atomic mass is 10.0. The van der Waals surface area contributed by atoms with E-state index < -0.39 is 5.60 Å². The van der Waals surface area contributed by atoms with E-state index in [0.29, 0.717) is 12.0 Å². The zero-order valence-electron chi connectivity index (χ0n) is 7.16. The number of rotatable bonds is 2. The van der Waals surface area contributed by atoms with E-state index in [1.54, 1.807) is 19.2 Å². The lowest BCUT2D eigenvalue weighted by Gasteiger charge is -2.14. The fraction of sp³-hybridized carbons (Fsp3) is 0.444. The van der Waals surface area contributed by atoms with Crippen molar-refractivity contribution >= 4 is 11.3 Å². The zero-order chi connectivity index (χ0) is 9.19. The van der Waals surface area contributed by atoms with Crippen LogP contribution in [0.15, 0.2) is 11.4 Å². The number of hydrogen-bond acceptors (Lipinski definition) is 3. The molecule has 0 atom stereocenters. The molecule has 0 amide bonds. The summed E-state index contributed by atoms with van der Waals surface area (Å²) >= 11 is 1.52. The average molecular weight is 181 g/mol. The van der Waals surface area contributed by atoms with E-state index in [1.165, 1.54) is 11.3 Å². The summed E-state index contributed by atoms with van der Waals surface area (Å²) in [6.45, 7) is 3.53. The molecule has 64 valence electrons. The number of thiophene rings is 1. The molecule has 1 rings (SSSR count). The van der Waals surface area contributed by atoms with Crippen LogP contribution in [0.4, 0.5) is 0 Å². The Balaban J connectivity index is 2.72. The molecule has 0 unspecified atom stereocenters. The molecule has 0 radical (unpaired) electrons. The van der Waals surface area contributed by atoms with Crippen LogP contribution >= 0.6 is 11.3 Å². The first-order valence-electron chi connectivity index (χ1n) is 3.71. The second-order valence-corrected chi connectivity index (χ2v) is 4.40. The Kier molecular flexibility index (Phi) is 2.51. The summed E-state index contributed by atoms with van der Waals surface area (Å²) in [7, 11) is 0. The minimum Gasteiger partial charge on any atom is -0.390 e. The molecule has 12 heavy (non-hydrogen) atoms. The predicted octanol–water partition coefficient (Wildman–Crippen LogP) is 1.93. The summed E-state index contributed by atoms with van der Waals surface area (Å²) in [6.07, 6.45) is 0.610. The zero-order valence-corrected chi connectivity index (χ0v) is 7.98. The second-order valence-electron chi connectivity index (χ2n) is 3.40. The molecule has 1 heterocycles. The lowest BCUT2D eigenvalue weighted by molar-refractivity contribution is 0.0818. The van der Waals surface area contributed by atoms with E-state index in [4.69, 9.17) is 5.26 Å². The number of nitriles is 1. The number of nitrogens with zero attached hydrogens (tertiary/aromatic N) is 1. The van der Waals surface area contributed by atoms with Gasteiger partial charge in [-0.3, -0.25) is 0 Å². The molecule has 0 aromatic carbocycles. The Morgan fingerprint density at radius 3 is 2.75 bits per heavy atom. The predicted molar refractivity (Wildman–Crippen MR) is 49.0 cm³/mol. The van der Waals surface area contributed by atoms with Crippen molar-refractivity contribution in [1.82, 2.24) is 0 Å². The van der Waals surface area contributed by atoms with Gasteiger partial charge in [0.25, 0.3) is 0 Å². The van der Waals surface area contributed by atoms with Gasteiger partial charge in [-0.05, 0) is 19.9 Å². The maximum absolute atomic E-state index is 9.48. The van der Waals surface area contributed by atoms with Crippen molar-refractivity contribution in [2.24, 2.45) is 0 Å². The number of hydrogen-bond donors (Lipinski definition) is 1. The van der Waals surface area contributed by atoms with E-state index >= 15 is 0 Å².